The molecule has 0 aliphatic carbocycles. The van der Waals surface area contributed by atoms with Gasteiger partial charge in [-0.1, -0.05) is 6.92 Å². The minimum Gasteiger partial charge on any atom is -0.497 e. The maximum atomic E-state index is 13.1. The van der Waals surface area contributed by atoms with Crippen LogP contribution in [0.15, 0.2) is 29.6 Å². The highest BCUT2D eigenvalue weighted by Gasteiger charge is 2.32. The van der Waals surface area contributed by atoms with Crippen LogP contribution in [-0.4, -0.2) is 31.6 Å². The molecular weight excluding hydrogens is 310 g/mol. The lowest BCUT2D eigenvalue weighted by Gasteiger charge is -2.35. The maximum absolute atomic E-state index is 13.1. The summed E-state index contributed by atoms with van der Waals surface area (Å²) < 4.78 is 10.6. The van der Waals surface area contributed by atoms with Gasteiger partial charge in [0.2, 0.25) is 0 Å². The van der Waals surface area contributed by atoms with Crippen molar-refractivity contribution in [2.45, 2.75) is 25.8 Å². The molecule has 1 aliphatic rings. The molecule has 3 rings (SSSR count). The normalized spacial score (nSPS) is 16.8. The topological polar surface area (TPSA) is 38.8 Å². The van der Waals surface area contributed by atoms with Gasteiger partial charge in [0.05, 0.1) is 25.8 Å². The summed E-state index contributed by atoms with van der Waals surface area (Å²) in [5.41, 5.74) is 1.88. The number of carbonyl (C=O) groups is 1. The van der Waals surface area contributed by atoms with Gasteiger partial charge in [-0.25, -0.2) is 0 Å². The second-order valence-electron chi connectivity index (χ2n) is 5.54. The minimum absolute atomic E-state index is 0.0215. The van der Waals surface area contributed by atoms with Crippen molar-refractivity contribution in [3.8, 4) is 11.5 Å². The van der Waals surface area contributed by atoms with Gasteiger partial charge < -0.3 is 14.4 Å². The zero-order valence-electron chi connectivity index (χ0n) is 13.7. The molecule has 1 atom stereocenters. The molecule has 1 aromatic heterocycles. The Morgan fingerprint density at radius 1 is 1.30 bits per heavy atom. The van der Waals surface area contributed by atoms with Crippen LogP contribution in [0.4, 0.5) is 0 Å². The molecule has 2 heterocycles. The van der Waals surface area contributed by atoms with Gasteiger partial charge >= 0.3 is 0 Å². The van der Waals surface area contributed by atoms with Crippen LogP contribution in [0.3, 0.4) is 0 Å². The number of hydrogen-bond donors (Lipinski definition) is 0. The molecule has 1 aliphatic heterocycles. The van der Waals surface area contributed by atoms with Gasteiger partial charge in [-0.2, -0.15) is 0 Å². The predicted octanol–water partition coefficient (Wildman–Crippen LogP) is 3.91. The second kappa shape index (κ2) is 6.62. The van der Waals surface area contributed by atoms with Crippen molar-refractivity contribution in [3.63, 3.8) is 0 Å². The number of methoxy groups -OCH3 is 2. The van der Waals surface area contributed by atoms with E-state index in [1.54, 1.807) is 43.8 Å². The fourth-order valence-electron chi connectivity index (χ4n) is 3.21. The van der Waals surface area contributed by atoms with Crippen LogP contribution in [0.25, 0.3) is 0 Å². The average molecular weight is 331 g/mol. The Kier molecular flexibility index (Phi) is 4.57. The smallest absolute Gasteiger partial charge is 0.258 e. The third-order valence-electron chi connectivity index (χ3n) is 4.38. The highest BCUT2D eigenvalue weighted by molar-refractivity contribution is 7.10. The number of fused-ring (bicyclic) bond motifs is 1. The van der Waals surface area contributed by atoms with E-state index in [4.69, 9.17) is 9.47 Å². The van der Waals surface area contributed by atoms with Gasteiger partial charge in [-0.05, 0) is 42.0 Å². The summed E-state index contributed by atoms with van der Waals surface area (Å²) >= 11 is 1.79. The summed E-state index contributed by atoms with van der Waals surface area (Å²) in [5.74, 6) is 1.26. The maximum Gasteiger partial charge on any atom is 0.258 e. The first kappa shape index (κ1) is 15.9. The molecule has 1 aromatic carbocycles. The Labute approximate surface area is 140 Å². The van der Waals surface area contributed by atoms with E-state index in [2.05, 4.69) is 18.4 Å². The van der Waals surface area contributed by atoms with Crippen LogP contribution in [-0.2, 0) is 6.42 Å². The molecule has 4 nitrogen and oxygen atoms in total. The monoisotopic (exact) mass is 331 g/mol. The molecule has 0 saturated carbocycles. The molecule has 0 spiro atoms. The van der Waals surface area contributed by atoms with E-state index in [0.29, 0.717) is 17.1 Å². The standard InChI is InChI=1S/C18H21NO3S/c1-4-15-13-8-10-23-17(13)7-9-19(15)18(20)14-6-5-12(21-2)11-16(14)22-3/h5-6,8,10-11,15H,4,7,9H2,1-3H3. The van der Waals surface area contributed by atoms with Crippen molar-refractivity contribution in [1.29, 1.82) is 0 Å². The summed E-state index contributed by atoms with van der Waals surface area (Å²) in [6.07, 6.45) is 1.83. The number of ether oxygens (including phenoxy) is 2. The Hall–Kier alpha value is -2.01. The van der Waals surface area contributed by atoms with Gasteiger partial charge in [0.15, 0.2) is 0 Å². The third-order valence-corrected chi connectivity index (χ3v) is 5.38. The van der Waals surface area contributed by atoms with Gasteiger partial charge in [-0.15, -0.1) is 11.3 Å². The van der Waals surface area contributed by atoms with E-state index >= 15 is 0 Å². The molecular formula is C18H21NO3S. The first-order chi connectivity index (χ1) is 11.2. The van der Waals surface area contributed by atoms with Crippen molar-refractivity contribution in [3.05, 3.63) is 45.6 Å². The van der Waals surface area contributed by atoms with E-state index in [9.17, 15) is 4.79 Å². The fraction of sp³-hybridized carbons (Fsp3) is 0.389. The van der Waals surface area contributed by atoms with Crippen molar-refractivity contribution >= 4 is 17.2 Å². The molecule has 122 valence electrons. The summed E-state index contributed by atoms with van der Waals surface area (Å²) in [6, 6.07) is 7.64. The van der Waals surface area contributed by atoms with Gasteiger partial charge in [-0.3, -0.25) is 4.79 Å². The molecule has 0 radical (unpaired) electrons. The molecule has 23 heavy (non-hydrogen) atoms. The van der Waals surface area contributed by atoms with Crippen molar-refractivity contribution in [2.75, 3.05) is 20.8 Å². The Morgan fingerprint density at radius 2 is 2.13 bits per heavy atom. The quantitative estimate of drug-likeness (QED) is 0.852. The summed E-state index contributed by atoms with van der Waals surface area (Å²) in [7, 11) is 3.18. The lowest BCUT2D eigenvalue weighted by atomic mass is 9.96. The molecule has 5 heteroatoms. The molecule has 1 unspecified atom stereocenters. The minimum atomic E-state index is 0.0215. The van der Waals surface area contributed by atoms with E-state index in [-0.39, 0.29) is 11.9 Å². The first-order valence-electron chi connectivity index (χ1n) is 7.78. The number of rotatable bonds is 4. The number of amides is 1. The third kappa shape index (κ3) is 2.81. The Morgan fingerprint density at radius 3 is 2.83 bits per heavy atom. The number of thiophene rings is 1. The molecule has 1 amide bonds. The molecule has 0 saturated heterocycles. The molecule has 0 bridgehead atoms. The Balaban J connectivity index is 1.94. The highest BCUT2D eigenvalue weighted by atomic mass is 32.1. The lowest BCUT2D eigenvalue weighted by molar-refractivity contribution is 0.0654. The zero-order valence-corrected chi connectivity index (χ0v) is 14.5. The van der Waals surface area contributed by atoms with Crippen LogP contribution in [0.1, 0.15) is 40.2 Å². The SMILES string of the molecule is CCC1c2ccsc2CCN1C(=O)c1ccc(OC)cc1OC. The lowest BCUT2D eigenvalue weighted by Crippen LogP contribution is -2.39. The summed E-state index contributed by atoms with van der Waals surface area (Å²) in [6.45, 7) is 2.88. The average Bonchev–Trinajstić information content (AvgIpc) is 3.08. The number of benzene rings is 1. The Bertz CT molecular complexity index is 710. The second-order valence-corrected chi connectivity index (χ2v) is 6.54. The largest absolute Gasteiger partial charge is 0.497 e. The zero-order chi connectivity index (χ0) is 16.4. The molecule has 2 aromatic rings. The van der Waals surface area contributed by atoms with Crippen LogP contribution in [0.5, 0.6) is 11.5 Å². The van der Waals surface area contributed by atoms with E-state index < -0.39 is 0 Å². The van der Waals surface area contributed by atoms with Crippen LogP contribution >= 0.6 is 11.3 Å². The molecule has 0 N–H and O–H groups in total. The van der Waals surface area contributed by atoms with Crippen molar-refractivity contribution in [2.24, 2.45) is 0 Å². The highest BCUT2D eigenvalue weighted by Crippen LogP contribution is 2.37. The molecule has 0 fully saturated rings. The first-order valence-corrected chi connectivity index (χ1v) is 8.66. The van der Waals surface area contributed by atoms with E-state index in [1.807, 2.05) is 4.90 Å². The van der Waals surface area contributed by atoms with E-state index in [0.717, 1.165) is 19.4 Å². The van der Waals surface area contributed by atoms with Crippen molar-refractivity contribution < 1.29 is 14.3 Å². The predicted molar refractivity (Wildman–Crippen MR) is 91.6 cm³/mol. The van der Waals surface area contributed by atoms with Gasteiger partial charge in [0.25, 0.3) is 5.91 Å². The van der Waals surface area contributed by atoms with Gasteiger partial charge in [0.1, 0.15) is 11.5 Å². The van der Waals surface area contributed by atoms with Crippen molar-refractivity contribution in [1.82, 2.24) is 4.90 Å². The number of nitrogens with zero attached hydrogens (tertiary/aromatic N) is 1. The van der Waals surface area contributed by atoms with Gasteiger partial charge in [0, 0.05) is 17.5 Å². The number of hydrogen-bond acceptors (Lipinski definition) is 4. The van der Waals surface area contributed by atoms with Crippen LogP contribution < -0.4 is 9.47 Å². The number of carbonyl (C=O) groups excluding carboxylic acids is 1. The summed E-state index contributed by atoms with van der Waals surface area (Å²) in [4.78, 5) is 16.5. The summed E-state index contributed by atoms with van der Waals surface area (Å²) in [5, 5.41) is 2.12. The fourth-order valence-corrected chi connectivity index (χ4v) is 4.14. The van der Waals surface area contributed by atoms with Crippen LogP contribution in [0.2, 0.25) is 0 Å². The van der Waals surface area contributed by atoms with E-state index in [1.165, 1.54) is 10.4 Å². The van der Waals surface area contributed by atoms with Crippen LogP contribution in [0, 0.1) is 0 Å².